The van der Waals surface area contributed by atoms with Gasteiger partial charge in [0, 0.05) is 0 Å². The fourth-order valence-corrected chi connectivity index (χ4v) is 2.34. The number of aromatic nitrogens is 2. The minimum atomic E-state index is 0.0251. The molecule has 0 unspecified atom stereocenters. The fraction of sp³-hybridized carbons (Fsp3) is 0. The lowest BCUT2D eigenvalue weighted by molar-refractivity contribution is 1.10. The van der Waals surface area contributed by atoms with Gasteiger partial charge in [-0.05, 0) is 23.3 Å². The Morgan fingerprint density at radius 2 is 0.962 bits per heavy atom. The average molecular weight is 334 g/mol. The van der Waals surface area contributed by atoms with Crippen LogP contribution in [0.3, 0.4) is 0 Å². The van der Waals surface area contributed by atoms with E-state index in [1.165, 1.54) is 0 Å². The van der Waals surface area contributed by atoms with Crippen molar-refractivity contribution in [3.8, 4) is 12.1 Å². The molecule has 0 saturated carbocycles. The number of nitrogens with zero attached hydrogens (tertiary/aromatic N) is 4. The molecule has 122 valence electrons. The topological polar surface area (TPSA) is 73.4 Å². The number of rotatable bonds is 4. The van der Waals surface area contributed by atoms with Crippen molar-refractivity contribution in [2.24, 2.45) is 0 Å². The molecule has 4 heteroatoms. The van der Waals surface area contributed by atoms with E-state index >= 15 is 0 Å². The molecule has 0 N–H and O–H groups in total. The Morgan fingerprint density at radius 3 is 1.31 bits per heavy atom. The summed E-state index contributed by atoms with van der Waals surface area (Å²) in [5, 5.41) is 18.4. The summed E-state index contributed by atoms with van der Waals surface area (Å²) in [6.07, 6.45) is 7.40. The first-order valence-electron chi connectivity index (χ1n) is 7.98. The molecular formula is C22H14N4. The van der Waals surface area contributed by atoms with Crippen LogP contribution in [0.1, 0.15) is 33.9 Å². The summed E-state index contributed by atoms with van der Waals surface area (Å²) in [5.74, 6) is 0. The summed E-state index contributed by atoms with van der Waals surface area (Å²) in [5.41, 5.74) is 3.15. The third-order valence-electron chi connectivity index (χ3n) is 3.63. The van der Waals surface area contributed by atoms with Gasteiger partial charge >= 0.3 is 0 Å². The van der Waals surface area contributed by atoms with E-state index in [1.54, 1.807) is 12.2 Å². The molecule has 0 atom stereocenters. The second kappa shape index (κ2) is 8.19. The van der Waals surface area contributed by atoms with Crippen molar-refractivity contribution in [3.63, 3.8) is 0 Å². The number of hydrogen-bond donors (Lipinski definition) is 0. The summed E-state index contributed by atoms with van der Waals surface area (Å²) in [7, 11) is 0. The predicted molar refractivity (Wildman–Crippen MR) is 102 cm³/mol. The molecule has 0 aliphatic heterocycles. The summed E-state index contributed by atoms with van der Waals surface area (Å²) < 4.78 is 0. The van der Waals surface area contributed by atoms with E-state index in [0.29, 0.717) is 11.4 Å². The molecule has 0 radical (unpaired) electrons. The Balaban J connectivity index is 2.03. The van der Waals surface area contributed by atoms with E-state index in [-0.39, 0.29) is 11.4 Å². The second-order valence-electron chi connectivity index (χ2n) is 5.40. The summed E-state index contributed by atoms with van der Waals surface area (Å²) in [6.45, 7) is 0. The zero-order chi connectivity index (χ0) is 18.2. The van der Waals surface area contributed by atoms with Crippen LogP contribution in [-0.2, 0) is 0 Å². The molecule has 4 nitrogen and oxygen atoms in total. The Bertz CT molecular complexity index is 951. The van der Waals surface area contributed by atoms with Crippen molar-refractivity contribution in [3.05, 3.63) is 94.6 Å². The van der Waals surface area contributed by atoms with Crippen molar-refractivity contribution < 1.29 is 0 Å². The Labute approximate surface area is 152 Å². The van der Waals surface area contributed by atoms with E-state index in [9.17, 15) is 10.5 Å². The lowest BCUT2D eigenvalue weighted by atomic mass is 10.1. The van der Waals surface area contributed by atoms with Crippen LogP contribution in [0, 0.1) is 22.7 Å². The number of benzene rings is 2. The van der Waals surface area contributed by atoms with Crippen LogP contribution < -0.4 is 0 Å². The smallest absolute Gasteiger partial charge is 0.177 e. The van der Waals surface area contributed by atoms with Gasteiger partial charge in [0.1, 0.15) is 12.1 Å². The normalized spacial score (nSPS) is 10.7. The van der Waals surface area contributed by atoms with Crippen LogP contribution in [-0.4, -0.2) is 9.97 Å². The van der Waals surface area contributed by atoms with Gasteiger partial charge in [0.2, 0.25) is 0 Å². The van der Waals surface area contributed by atoms with Gasteiger partial charge in [-0.1, -0.05) is 72.8 Å². The highest BCUT2D eigenvalue weighted by Crippen LogP contribution is 2.15. The zero-order valence-electron chi connectivity index (χ0n) is 13.9. The maximum Gasteiger partial charge on any atom is 0.177 e. The van der Waals surface area contributed by atoms with Gasteiger partial charge in [0.05, 0.1) is 11.4 Å². The van der Waals surface area contributed by atoms with Gasteiger partial charge in [0.25, 0.3) is 0 Å². The van der Waals surface area contributed by atoms with Gasteiger partial charge in [-0.25, -0.2) is 9.97 Å². The van der Waals surface area contributed by atoms with Crippen molar-refractivity contribution in [1.82, 2.24) is 9.97 Å². The number of nitriles is 2. The SMILES string of the molecule is N#Cc1nc(C=Cc2ccccc2)c(C=Cc2ccccc2)nc1C#N. The highest BCUT2D eigenvalue weighted by molar-refractivity contribution is 5.77. The summed E-state index contributed by atoms with van der Waals surface area (Å²) >= 11 is 0. The van der Waals surface area contributed by atoms with Crippen LogP contribution in [0.2, 0.25) is 0 Å². The molecular weight excluding hydrogens is 320 g/mol. The molecule has 26 heavy (non-hydrogen) atoms. The molecule has 0 aliphatic carbocycles. The molecule has 3 rings (SSSR count). The molecule has 1 aromatic heterocycles. The molecule has 2 aromatic carbocycles. The number of hydrogen-bond acceptors (Lipinski definition) is 4. The Kier molecular flexibility index (Phi) is 5.30. The van der Waals surface area contributed by atoms with Crippen molar-refractivity contribution >= 4 is 24.3 Å². The van der Waals surface area contributed by atoms with Crippen LogP contribution in [0.5, 0.6) is 0 Å². The third kappa shape index (κ3) is 4.08. The quantitative estimate of drug-likeness (QED) is 0.701. The van der Waals surface area contributed by atoms with E-state index in [4.69, 9.17) is 0 Å². The molecule has 3 aromatic rings. The van der Waals surface area contributed by atoms with Crippen LogP contribution in [0.4, 0.5) is 0 Å². The van der Waals surface area contributed by atoms with Crippen LogP contribution in [0.25, 0.3) is 24.3 Å². The van der Waals surface area contributed by atoms with Gasteiger partial charge in [-0.2, -0.15) is 10.5 Å². The van der Waals surface area contributed by atoms with E-state index in [0.717, 1.165) is 11.1 Å². The van der Waals surface area contributed by atoms with Gasteiger partial charge in [-0.15, -0.1) is 0 Å². The molecule has 0 amide bonds. The van der Waals surface area contributed by atoms with E-state index < -0.39 is 0 Å². The third-order valence-corrected chi connectivity index (χ3v) is 3.63. The standard InChI is InChI=1S/C22H14N4/c23-15-21-22(16-24)26-20(14-12-18-9-5-2-6-10-18)19(25-21)13-11-17-7-3-1-4-8-17/h1-14H. The van der Waals surface area contributed by atoms with E-state index in [1.807, 2.05) is 85.0 Å². The fourth-order valence-electron chi connectivity index (χ4n) is 2.34. The molecule has 0 fully saturated rings. The van der Waals surface area contributed by atoms with E-state index in [2.05, 4.69) is 9.97 Å². The Hall–Kier alpha value is -4.02. The molecule has 0 aliphatic rings. The van der Waals surface area contributed by atoms with Crippen molar-refractivity contribution in [2.75, 3.05) is 0 Å². The minimum Gasteiger partial charge on any atom is -0.232 e. The first-order valence-corrected chi connectivity index (χ1v) is 7.98. The van der Waals surface area contributed by atoms with Crippen molar-refractivity contribution in [1.29, 1.82) is 10.5 Å². The summed E-state index contributed by atoms with van der Waals surface area (Å²) in [6, 6.07) is 23.4. The highest BCUT2D eigenvalue weighted by atomic mass is 14.8. The molecule has 0 spiro atoms. The first-order chi connectivity index (χ1) is 12.8. The average Bonchev–Trinajstić information content (AvgIpc) is 2.72. The molecule has 0 saturated heterocycles. The second-order valence-corrected chi connectivity index (χ2v) is 5.40. The largest absolute Gasteiger partial charge is 0.232 e. The highest BCUT2D eigenvalue weighted by Gasteiger charge is 2.10. The summed E-state index contributed by atoms with van der Waals surface area (Å²) in [4.78, 5) is 8.61. The zero-order valence-corrected chi connectivity index (χ0v) is 13.9. The maximum absolute atomic E-state index is 9.21. The molecule has 0 bridgehead atoms. The molecule has 1 heterocycles. The lowest BCUT2D eigenvalue weighted by Crippen LogP contribution is -2.00. The minimum absolute atomic E-state index is 0.0251. The van der Waals surface area contributed by atoms with Gasteiger partial charge < -0.3 is 0 Å². The maximum atomic E-state index is 9.21. The first kappa shape index (κ1) is 16.8. The predicted octanol–water partition coefficient (Wildman–Crippen LogP) is 4.56. The van der Waals surface area contributed by atoms with Crippen LogP contribution in [0.15, 0.2) is 60.7 Å². The van der Waals surface area contributed by atoms with Gasteiger partial charge in [0.15, 0.2) is 11.4 Å². The Morgan fingerprint density at radius 1 is 0.577 bits per heavy atom. The van der Waals surface area contributed by atoms with Crippen LogP contribution >= 0.6 is 0 Å². The van der Waals surface area contributed by atoms with Crippen molar-refractivity contribution in [2.45, 2.75) is 0 Å². The monoisotopic (exact) mass is 334 g/mol. The van der Waals surface area contributed by atoms with Gasteiger partial charge in [-0.3, -0.25) is 0 Å². The lowest BCUT2D eigenvalue weighted by Gasteiger charge is -2.03.